The van der Waals surface area contributed by atoms with E-state index in [0.717, 1.165) is 11.6 Å². The third-order valence-electron chi connectivity index (χ3n) is 3.65. The summed E-state index contributed by atoms with van der Waals surface area (Å²) in [6, 6.07) is 9.00. The molecule has 0 bridgehead atoms. The number of fused-ring (bicyclic) bond motifs is 1. The average Bonchev–Trinajstić information content (AvgIpc) is 3.02. The summed E-state index contributed by atoms with van der Waals surface area (Å²) in [5.74, 6) is 0.742. The van der Waals surface area contributed by atoms with Crippen LogP contribution in [-0.4, -0.2) is 19.8 Å². The molecule has 0 fully saturated rings. The van der Waals surface area contributed by atoms with Crippen LogP contribution in [0.4, 0.5) is 4.39 Å². The Kier molecular flexibility index (Phi) is 4.06. The summed E-state index contributed by atoms with van der Waals surface area (Å²) >= 11 is 0. The van der Waals surface area contributed by atoms with Gasteiger partial charge in [-0.3, -0.25) is 4.79 Å². The first-order valence-electron chi connectivity index (χ1n) is 7.12. The molecule has 2 aromatic carbocycles. The fraction of sp³-hybridized carbons (Fsp3) is 0.235. The molecular formula is C17H16FNO4. The second-order valence-electron chi connectivity index (χ2n) is 5.15. The maximum Gasteiger partial charge on any atom is 0.255 e. The van der Waals surface area contributed by atoms with Gasteiger partial charge in [0, 0.05) is 0 Å². The van der Waals surface area contributed by atoms with E-state index in [-0.39, 0.29) is 18.4 Å². The summed E-state index contributed by atoms with van der Waals surface area (Å²) in [5, 5.41) is 2.82. The average molecular weight is 317 g/mol. The molecule has 1 amide bonds. The smallest absolute Gasteiger partial charge is 0.255 e. The monoisotopic (exact) mass is 317 g/mol. The van der Waals surface area contributed by atoms with E-state index in [4.69, 9.17) is 14.2 Å². The number of benzene rings is 2. The number of methoxy groups -OCH3 is 1. The molecular weight excluding hydrogens is 301 g/mol. The second kappa shape index (κ2) is 6.16. The van der Waals surface area contributed by atoms with Crippen molar-refractivity contribution in [3.63, 3.8) is 0 Å². The molecule has 0 saturated carbocycles. The quantitative estimate of drug-likeness (QED) is 0.941. The topological polar surface area (TPSA) is 56.8 Å². The highest BCUT2D eigenvalue weighted by molar-refractivity contribution is 5.97. The Morgan fingerprint density at radius 1 is 1.22 bits per heavy atom. The SMILES string of the molecule is COc1ccc(F)cc1C(=O)NC(C)c1ccc2c(c1)OCO2. The van der Waals surface area contributed by atoms with E-state index < -0.39 is 11.7 Å². The summed E-state index contributed by atoms with van der Waals surface area (Å²) < 4.78 is 29.1. The molecule has 2 aromatic rings. The van der Waals surface area contributed by atoms with Gasteiger partial charge in [0.05, 0.1) is 18.7 Å². The van der Waals surface area contributed by atoms with Crippen molar-refractivity contribution in [2.75, 3.05) is 13.9 Å². The van der Waals surface area contributed by atoms with Gasteiger partial charge in [-0.05, 0) is 42.8 Å². The van der Waals surface area contributed by atoms with Gasteiger partial charge in [-0.2, -0.15) is 0 Å². The number of ether oxygens (including phenoxy) is 3. The number of halogens is 1. The van der Waals surface area contributed by atoms with E-state index in [1.54, 1.807) is 6.07 Å². The van der Waals surface area contributed by atoms with Crippen molar-refractivity contribution in [1.82, 2.24) is 5.32 Å². The van der Waals surface area contributed by atoms with Crippen molar-refractivity contribution in [1.29, 1.82) is 0 Å². The van der Waals surface area contributed by atoms with Gasteiger partial charge in [-0.1, -0.05) is 6.07 Å². The number of carbonyl (C=O) groups excluding carboxylic acids is 1. The van der Waals surface area contributed by atoms with Crippen LogP contribution in [0.2, 0.25) is 0 Å². The Labute approximate surface area is 133 Å². The molecule has 0 radical (unpaired) electrons. The third kappa shape index (κ3) is 3.06. The Morgan fingerprint density at radius 2 is 2.00 bits per heavy atom. The van der Waals surface area contributed by atoms with Gasteiger partial charge in [0.1, 0.15) is 11.6 Å². The molecule has 120 valence electrons. The molecule has 1 N–H and O–H groups in total. The first kappa shape index (κ1) is 15.1. The highest BCUT2D eigenvalue weighted by Crippen LogP contribution is 2.34. The molecule has 1 aliphatic rings. The van der Waals surface area contributed by atoms with Crippen LogP contribution in [0.3, 0.4) is 0 Å². The maximum atomic E-state index is 13.4. The van der Waals surface area contributed by atoms with E-state index in [1.807, 2.05) is 19.1 Å². The number of amides is 1. The second-order valence-corrected chi connectivity index (χ2v) is 5.15. The van der Waals surface area contributed by atoms with E-state index >= 15 is 0 Å². The lowest BCUT2D eigenvalue weighted by molar-refractivity contribution is 0.0936. The number of hydrogen-bond acceptors (Lipinski definition) is 4. The fourth-order valence-electron chi connectivity index (χ4n) is 2.40. The van der Waals surface area contributed by atoms with Gasteiger partial charge in [-0.25, -0.2) is 4.39 Å². The predicted octanol–water partition coefficient (Wildman–Crippen LogP) is 3.05. The Morgan fingerprint density at radius 3 is 2.78 bits per heavy atom. The molecule has 1 atom stereocenters. The van der Waals surface area contributed by atoms with Crippen LogP contribution in [0.15, 0.2) is 36.4 Å². The number of rotatable bonds is 4. The Bertz CT molecular complexity index is 747. The van der Waals surface area contributed by atoms with E-state index in [0.29, 0.717) is 17.2 Å². The van der Waals surface area contributed by atoms with Crippen molar-refractivity contribution < 1.29 is 23.4 Å². The predicted molar refractivity (Wildman–Crippen MR) is 81.4 cm³/mol. The standard InChI is InChI=1S/C17H16FNO4/c1-10(11-3-5-15-16(7-11)23-9-22-15)19-17(20)13-8-12(18)4-6-14(13)21-2/h3-8,10H,9H2,1-2H3,(H,19,20). The molecule has 6 heteroatoms. The van der Waals surface area contributed by atoms with E-state index in [2.05, 4.69) is 5.32 Å². The minimum atomic E-state index is -0.494. The molecule has 23 heavy (non-hydrogen) atoms. The van der Waals surface area contributed by atoms with Crippen molar-refractivity contribution in [2.24, 2.45) is 0 Å². The molecule has 0 saturated heterocycles. The van der Waals surface area contributed by atoms with Crippen LogP contribution >= 0.6 is 0 Å². The van der Waals surface area contributed by atoms with E-state index in [1.165, 1.54) is 19.2 Å². The molecule has 3 rings (SSSR count). The largest absolute Gasteiger partial charge is 0.496 e. The molecule has 0 aromatic heterocycles. The van der Waals surface area contributed by atoms with Crippen LogP contribution in [0.25, 0.3) is 0 Å². The lowest BCUT2D eigenvalue weighted by atomic mass is 10.1. The highest BCUT2D eigenvalue weighted by Gasteiger charge is 2.19. The lowest BCUT2D eigenvalue weighted by Gasteiger charge is -2.16. The molecule has 0 aliphatic carbocycles. The van der Waals surface area contributed by atoms with Crippen molar-refractivity contribution in [3.8, 4) is 17.2 Å². The van der Waals surface area contributed by atoms with Gasteiger partial charge in [-0.15, -0.1) is 0 Å². The zero-order valence-corrected chi connectivity index (χ0v) is 12.8. The van der Waals surface area contributed by atoms with E-state index in [9.17, 15) is 9.18 Å². The van der Waals surface area contributed by atoms with Gasteiger partial charge < -0.3 is 19.5 Å². The molecule has 1 heterocycles. The van der Waals surface area contributed by atoms with Crippen LogP contribution in [-0.2, 0) is 0 Å². The number of carbonyl (C=O) groups is 1. The summed E-state index contributed by atoms with van der Waals surface area (Å²) in [4.78, 5) is 12.4. The summed E-state index contributed by atoms with van der Waals surface area (Å²) in [6.45, 7) is 2.03. The van der Waals surface area contributed by atoms with Crippen molar-refractivity contribution >= 4 is 5.91 Å². The van der Waals surface area contributed by atoms with Gasteiger partial charge in [0.15, 0.2) is 11.5 Å². The highest BCUT2D eigenvalue weighted by atomic mass is 19.1. The van der Waals surface area contributed by atoms with Crippen LogP contribution in [0.1, 0.15) is 28.9 Å². The number of nitrogens with one attached hydrogen (secondary N) is 1. The molecule has 1 aliphatic heterocycles. The Balaban J connectivity index is 1.78. The fourth-order valence-corrected chi connectivity index (χ4v) is 2.40. The molecule has 5 nitrogen and oxygen atoms in total. The van der Waals surface area contributed by atoms with Crippen molar-refractivity contribution in [2.45, 2.75) is 13.0 Å². The summed E-state index contributed by atoms with van der Waals surface area (Å²) in [6.07, 6.45) is 0. The maximum absolute atomic E-state index is 13.4. The summed E-state index contributed by atoms with van der Waals surface area (Å²) in [7, 11) is 1.44. The van der Waals surface area contributed by atoms with Crippen LogP contribution < -0.4 is 19.5 Å². The first-order valence-corrected chi connectivity index (χ1v) is 7.12. The lowest BCUT2D eigenvalue weighted by Crippen LogP contribution is -2.27. The minimum absolute atomic E-state index is 0.153. The third-order valence-corrected chi connectivity index (χ3v) is 3.65. The number of hydrogen-bond donors (Lipinski definition) is 1. The van der Waals surface area contributed by atoms with Gasteiger partial charge in [0.25, 0.3) is 5.91 Å². The first-order chi connectivity index (χ1) is 11.1. The van der Waals surface area contributed by atoms with Crippen LogP contribution in [0, 0.1) is 5.82 Å². The zero-order chi connectivity index (χ0) is 16.4. The van der Waals surface area contributed by atoms with Gasteiger partial charge >= 0.3 is 0 Å². The molecule has 1 unspecified atom stereocenters. The minimum Gasteiger partial charge on any atom is -0.496 e. The van der Waals surface area contributed by atoms with Crippen LogP contribution in [0.5, 0.6) is 17.2 Å². The Hall–Kier alpha value is -2.76. The molecule has 0 spiro atoms. The normalized spacial score (nSPS) is 13.5. The summed E-state index contributed by atoms with van der Waals surface area (Å²) in [5.41, 5.74) is 1.01. The van der Waals surface area contributed by atoms with Crippen molar-refractivity contribution in [3.05, 3.63) is 53.3 Å². The van der Waals surface area contributed by atoms with Gasteiger partial charge in [0.2, 0.25) is 6.79 Å². The zero-order valence-electron chi connectivity index (χ0n) is 12.8.